The predicted octanol–water partition coefficient (Wildman–Crippen LogP) is 3.96. The molecule has 0 unspecified atom stereocenters. The second-order valence-corrected chi connectivity index (χ2v) is 5.01. The number of carbonyl (C=O) groups excluding carboxylic acids is 1. The molecule has 0 fully saturated rings. The van der Waals surface area contributed by atoms with Gasteiger partial charge in [0.25, 0.3) is 5.91 Å². The van der Waals surface area contributed by atoms with Gasteiger partial charge in [-0.1, -0.05) is 43.1 Å². The third kappa shape index (κ3) is 3.36. The van der Waals surface area contributed by atoms with Gasteiger partial charge >= 0.3 is 0 Å². The second-order valence-electron chi connectivity index (χ2n) is 4.62. The normalized spacial score (nSPS) is 10.3. The third-order valence-corrected chi connectivity index (χ3v) is 3.24. The molecule has 0 bridgehead atoms. The maximum absolute atomic E-state index is 12.5. The van der Waals surface area contributed by atoms with Gasteiger partial charge in [-0.3, -0.25) is 4.79 Å². The van der Waals surface area contributed by atoms with Crippen LogP contribution in [0.2, 0.25) is 5.15 Å². The van der Waals surface area contributed by atoms with Gasteiger partial charge in [0.15, 0.2) is 0 Å². The zero-order valence-electron chi connectivity index (χ0n) is 11.6. The Bertz CT molecular complexity index is 599. The average Bonchev–Trinajstić information content (AvgIpc) is 2.46. The lowest BCUT2D eigenvalue weighted by Crippen LogP contribution is -2.26. The minimum Gasteiger partial charge on any atom is -0.311 e. The minimum absolute atomic E-state index is 0.0853. The van der Waals surface area contributed by atoms with Crippen molar-refractivity contribution in [2.45, 2.75) is 19.8 Å². The first-order valence-corrected chi connectivity index (χ1v) is 6.99. The van der Waals surface area contributed by atoms with E-state index in [1.807, 2.05) is 36.4 Å². The van der Waals surface area contributed by atoms with Crippen LogP contribution < -0.4 is 4.90 Å². The van der Waals surface area contributed by atoms with E-state index in [4.69, 9.17) is 11.6 Å². The van der Waals surface area contributed by atoms with E-state index in [1.54, 1.807) is 18.0 Å². The van der Waals surface area contributed by atoms with Gasteiger partial charge in [-0.15, -0.1) is 0 Å². The van der Waals surface area contributed by atoms with E-state index in [2.05, 4.69) is 11.9 Å². The molecule has 0 aliphatic carbocycles. The summed E-state index contributed by atoms with van der Waals surface area (Å²) in [7, 11) is 1.76. The number of rotatable bonds is 4. The maximum atomic E-state index is 12.5. The number of halogens is 1. The fourth-order valence-electron chi connectivity index (χ4n) is 2.02. The van der Waals surface area contributed by atoms with Crippen LogP contribution in [-0.2, 0) is 6.42 Å². The van der Waals surface area contributed by atoms with Crippen LogP contribution in [0.3, 0.4) is 0 Å². The molecule has 104 valence electrons. The topological polar surface area (TPSA) is 33.2 Å². The number of aryl methyl sites for hydroxylation is 1. The number of hydrogen-bond donors (Lipinski definition) is 0. The van der Waals surface area contributed by atoms with Crippen LogP contribution in [0.5, 0.6) is 0 Å². The van der Waals surface area contributed by atoms with Gasteiger partial charge < -0.3 is 4.90 Å². The maximum Gasteiger partial charge on any atom is 0.258 e. The zero-order chi connectivity index (χ0) is 14.5. The van der Waals surface area contributed by atoms with Gasteiger partial charge in [-0.2, -0.15) is 0 Å². The molecule has 0 saturated carbocycles. The van der Waals surface area contributed by atoms with Gasteiger partial charge in [0.2, 0.25) is 0 Å². The van der Waals surface area contributed by atoms with Gasteiger partial charge in [0.1, 0.15) is 5.15 Å². The molecule has 3 nitrogen and oxygen atoms in total. The lowest BCUT2D eigenvalue weighted by molar-refractivity contribution is 0.0993. The lowest BCUT2D eigenvalue weighted by Gasteiger charge is -2.17. The summed E-state index contributed by atoms with van der Waals surface area (Å²) >= 11 is 6.00. The van der Waals surface area contributed by atoms with E-state index in [-0.39, 0.29) is 5.91 Å². The van der Waals surface area contributed by atoms with Crippen molar-refractivity contribution in [3.05, 3.63) is 58.9 Å². The molecular weight excluding hydrogens is 272 g/mol. The van der Waals surface area contributed by atoms with Crippen LogP contribution in [0.4, 0.5) is 5.69 Å². The highest BCUT2D eigenvalue weighted by Gasteiger charge is 2.15. The number of carbonyl (C=O) groups is 1. The Morgan fingerprint density at radius 3 is 2.60 bits per heavy atom. The van der Waals surface area contributed by atoms with E-state index in [1.165, 1.54) is 0 Å². The van der Waals surface area contributed by atoms with Crippen molar-refractivity contribution in [2.24, 2.45) is 0 Å². The Hall–Kier alpha value is -1.87. The Balaban J connectivity index is 2.29. The summed E-state index contributed by atoms with van der Waals surface area (Å²) in [6, 6.07) is 13.0. The largest absolute Gasteiger partial charge is 0.311 e. The van der Waals surface area contributed by atoms with Gasteiger partial charge in [-0.25, -0.2) is 4.98 Å². The molecule has 2 rings (SSSR count). The first-order chi connectivity index (χ1) is 9.61. The number of amides is 1. The number of pyridine rings is 1. The van der Waals surface area contributed by atoms with Crippen molar-refractivity contribution in [3.63, 3.8) is 0 Å². The smallest absolute Gasteiger partial charge is 0.258 e. The zero-order valence-corrected chi connectivity index (χ0v) is 12.4. The predicted molar refractivity (Wildman–Crippen MR) is 82.4 cm³/mol. The Morgan fingerprint density at radius 2 is 1.95 bits per heavy atom. The molecule has 2 aromatic rings. The summed E-state index contributed by atoms with van der Waals surface area (Å²) in [6.45, 7) is 2.07. The standard InChI is InChI=1S/C16H17ClN2O/c1-3-7-13-10-12(11-15(17)18-13)16(20)19(2)14-8-5-4-6-9-14/h4-6,8-11H,3,7H2,1-2H3. The molecule has 1 aromatic carbocycles. The van der Waals surface area contributed by atoms with E-state index in [9.17, 15) is 4.79 Å². The van der Waals surface area contributed by atoms with E-state index in [0.29, 0.717) is 10.7 Å². The molecule has 0 spiro atoms. The second kappa shape index (κ2) is 6.53. The molecule has 4 heteroatoms. The van der Waals surface area contributed by atoms with Crippen LogP contribution in [0, 0.1) is 0 Å². The van der Waals surface area contributed by atoms with Crippen molar-refractivity contribution in [1.29, 1.82) is 0 Å². The highest BCUT2D eigenvalue weighted by Crippen LogP contribution is 2.18. The summed E-state index contributed by atoms with van der Waals surface area (Å²) in [5.74, 6) is -0.0853. The van der Waals surface area contributed by atoms with E-state index >= 15 is 0 Å². The monoisotopic (exact) mass is 288 g/mol. The summed E-state index contributed by atoms with van der Waals surface area (Å²) in [6.07, 6.45) is 1.78. The van der Waals surface area contributed by atoms with E-state index < -0.39 is 0 Å². The Kier molecular flexibility index (Phi) is 4.74. The number of benzene rings is 1. The number of aromatic nitrogens is 1. The lowest BCUT2D eigenvalue weighted by atomic mass is 10.1. The first-order valence-electron chi connectivity index (χ1n) is 6.61. The number of para-hydroxylation sites is 1. The third-order valence-electron chi connectivity index (χ3n) is 3.05. The van der Waals surface area contributed by atoms with Crippen LogP contribution in [0.15, 0.2) is 42.5 Å². The molecule has 1 amide bonds. The number of anilines is 1. The van der Waals surface area contributed by atoms with Crippen molar-refractivity contribution in [2.75, 3.05) is 11.9 Å². The molecule has 0 saturated heterocycles. The minimum atomic E-state index is -0.0853. The Morgan fingerprint density at radius 1 is 1.25 bits per heavy atom. The summed E-state index contributed by atoms with van der Waals surface area (Å²) in [5, 5.41) is 0.362. The first kappa shape index (κ1) is 14.5. The Labute approximate surface area is 124 Å². The molecule has 20 heavy (non-hydrogen) atoms. The van der Waals surface area contributed by atoms with Crippen molar-refractivity contribution in [1.82, 2.24) is 4.98 Å². The fraction of sp³-hybridized carbons (Fsp3) is 0.250. The summed E-state index contributed by atoms with van der Waals surface area (Å²) in [4.78, 5) is 18.3. The molecule has 1 heterocycles. The highest BCUT2D eigenvalue weighted by atomic mass is 35.5. The molecule has 1 aromatic heterocycles. The van der Waals surface area contributed by atoms with Crippen LogP contribution in [-0.4, -0.2) is 17.9 Å². The molecule has 0 radical (unpaired) electrons. The van der Waals surface area contributed by atoms with Crippen LogP contribution in [0.25, 0.3) is 0 Å². The number of nitrogens with zero attached hydrogens (tertiary/aromatic N) is 2. The summed E-state index contributed by atoms with van der Waals surface area (Å²) in [5.41, 5.74) is 2.27. The molecular formula is C16H17ClN2O. The van der Waals surface area contributed by atoms with Crippen LogP contribution >= 0.6 is 11.6 Å². The SMILES string of the molecule is CCCc1cc(C(=O)N(C)c2ccccc2)cc(Cl)n1. The van der Waals surface area contributed by atoms with Crippen LogP contribution in [0.1, 0.15) is 29.4 Å². The summed E-state index contributed by atoms with van der Waals surface area (Å²) < 4.78 is 0. The van der Waals surface area contributed by atoms with Crippen molar-refractivity contribution < 1.29 is 4.79 Å². The van der Waals surface area contributed by atoms with Gasteiger partial charge in [0, 0.05) is 24.0 Å². The molecule has 0 aliphatic heterocycles. The van der Waals surface area contributed by atoms with Crippen molar-refractivity contribution >= 4 is 23.2 Å². The van der Waals surface area contributed by atoms with E-state index in [0.717, 1.165) is 24.2 Å². The number of hydrogen-bond acceptors (Lipinski definition) is 2. The quantitative estimate of drug-likeness (QED) is 0.798. The van der Waals surface area contributed by atoms with Gasteiger partial charge in [-0.05, 0) is 30.7 Å². The van der Waals surface area contributed by atoms with Crippen molar-refractivity contribution in [3.8, 4) is 0 Å². The molecule has 0 aliphatic rings. The molecule has 0 N–H and O–H groups in total. The highest BCUT2D eigenvalue weighted by molar-refractivity contribution is 6.29. The van der Waals surface area contributed by atoms with Gasteiger partial charge in [0.05, 0.1) is 0 Å². The fourth-order valence-corrected chi connectivity index (χ4v) is 2.25. The average molecular weight is 289 g/mol. The molecule has 0 atom stereocenters.